The molecule has 2 rings (SSSR count). The molecule has 1 heterocycles. The molecule has 146 valence electrons. The molecule has 1 aromatic heterocycles. The van der Waals surface area contributed by atoms with Crippen LogP contribution < -0.4 is 10.0 Å². The average molecular weight is 394 g/mol. The Hall–Kier alpha value is -2.55. The molecular formula is C18H23FN4O3S. The predicted octanol–water partition coefficient (Wildman–Crippen LogP) is 3.68. The minimum Gasteiger partial charge on any atom is -0.307 e. The van der Waals surface area contributed by atoms with Crippen LogP contribution in [0, 0.1) is 12.7 Å². The minimum atomic E-state index is -4.18. The normalized spacial score (nSPS) is 11.7. The van der Waals surface area contributed by atoms with Gasteiger partial charge in [-0.25, -0.2) is 18.9 Å². The molecule has 2 aromatic rings. The Balaban J connectivity index is 2.33. The van der Waals surface area contributed by atoms with E-state index in [1.165, 1.54) is 18.3 Å². The van der Waals surface area contributed by atoms with E-state index in [2.05, 4.69) is 15.3 Å². The smallest absolute Gasteiger partial charge is 0.307 e. The number of aromatic nitrogens is 2. The van der Waals surface area contributed by atoms with Crippen LogP contribution in [0.5, 0.6) is 0 Å². The molecule has 0 spiro atoms. The summed E-state index contributed by atoms with van der Waals surface area (Å²) in [6.45, 7) is 9.11. The van der Waals surface area contributed by atoms with Crippen molar-refractivity contribution in [3.05, 3.63) is 47.2 Å². The second-order valence-corrected chi connectivity index (χ2v) is 8.45. The van der Waals surface area contributed by atoms with Crippen LogP contribution in [0.15, 0.2) is 29.6 Å². The largest absolute Gasteiger partial charge is 0.333 e. The highest BCUT2D eigenvalue weighted by molar-refractivity contribution is 7.90. The number of anilines is 1. The molecule has 0 aliphatic rings. The number of hydrogen-bond donors (Lipinski definition) is 2. The van der Waals surface area contributed by atoms with E-state index in [1.807, 2.05) is 32.4 Å². The summed E-state index contributed by atoms with van der Waals surface area (Å²) in [5, 5.41) is 2.20. The van der Waals surface area contributed by atoms with Crippen molar-refractivity contribution in [1.82, 2.24) is 14.7 Å². The maximum atomic E-state index is 14.0. The summed E-state index contributed by atoms with van der Waals surface area (Å²) < 4.78 is 40.5. The second-order valence-electron chi connectivity index (χ2n) is 6.82. The molecule has 0 saturated carbocycles. The van der Waals surface area contributed by atoms with Crippen molar-refractivity contribution >= 4 is 21.7 Å². The van der Waals surface area contributed by atoms with E-state index in [0.717, 1.165) is 6.20 Å². The van der Waals surface area contributed by atoms with Gasteiger partial charge in [-0.3, -0.25) is 4.98 Å². The zero-order valence-corrected chi connectivity index (χ0v) is 16.7. The predicted molar refractivity (Wildman–Crippen MR) is 101 cm³/mol. The standard InChI is InChI=1S/C18H23FN4O3S/c1-10(2)14-6-13(19)7-15(11(3)4)17(14)22-18(24)23-27(25,26)16-9-20-12(5)8-21-16/h6-11H,1-5H3,(H2,22,23,24). The lowest BCUT2D eigenvalue weighted by molar-refractivity contribution is 0.256. The molecule has 0 saturated heterocycles. The lowest BCUT2D eigenvalue weighted by Gasteiger charge is -2.20. The third-order valence-corrected chi connectivity index (χ3v) is 5.12. The molecular weight excluding hydrogens is 371 g/mol. The average Bonchev–Trinajstić information content (AvgIpc) is 2.55. The molecule has 0 fully saturated rings. The first-order chi connectivity index (χ1) is 12.5. The Morgan fingerprint density at radius 3 is 2.04 bits per heavy atom. The van der Waals surface area contributed by atoms with Gasteiger partial charge in [0.2, 0.25) is 0 Å². The molecule has 0 radical (unpaired) electrons. The molecule has 2 N–H and O–H groups in total. The third-order valence-electron chi connectivity index (χ3n) is 3.91. The van der Waals surface area contributed by atoms with Crippen molar-refractivity contribution in [3.63, 3.8) is 0 Å². The molecule has 2 amide bonds. The van der Waals surface area contributed by atoms with Crippen LogP contribution in [0.25, 0.3) is 0 Å². The van der Waals surface area contributed by atoms with Gasteiger partial charge in [0.25, 0.3) is 10.0 Å². The summed E-state index contributed by atoms with van der Waals surface area (Å²) in [4.78, 5) is 20.0. The van der Waals surface area contributed by atoms with Gasteiger partial charge >= 0.3 is 6.03 Å². The summed E-state index contributed by atoms with van der Waals surface area (Å²) in [7, 11) is -4.18. The van der Waals surface area contributed by atoms with Gasteiger partial charge in [-0.05, 0) is 42.0 Å². The van der Waals surface area contributed by atoms with Crippen molar-refractivity contribution in [1.29, 1.82) is 0 Å². The van der Waals surface area contributed by atoms with E-state index in [-0.39, 0.29) is 16.9 Å². The van der Waals surface area contributed by atoms with E-state index in [1.54, 1.807) is 6.92 Å². The second kappa shape index (κ2) is 7.99. The Morgan fingerprint density at radius 1 is 1.04 bits per heavy atom. The fraction of sp³-hybridized carbons (Fsp3) is 0.389. The highest BCUT2D eigenvalue weighted by Crippen LogP contribution is 2.33. The lowest BCUT2D eigenvalue weighted by atomic mass is 9.92. The molecule has 0 atom stereocenters. The molecule has 27 heavy (non-hydrogen) atoms. The SMILES string of the molecule is Cc1cnc(S(=O)(=O)NC(=O)Nc2c(C(C)C)cc(F)cc2C(C)C)cn1. The van der Waals surface area contributed by atoms with E-state index in [4.69, 9.17) is 0 Å². The van der Waals surface area contributed by atoms with Gasteiger partial charge in [-0.1, -0.05) is 27.7 Å². The summed E-state index contributed by atoms with van der Waals surface area (Å²) in [6.07, 6.45) is 2.36. The highest BCUT2D eigenvalue weighted by Gasteiger charge is 2.23. The number of hydrogen-bond acceptors (Lipinski definition) is 5. The summed E-state index contributed by atoms with van der Waals surface area (Å²) in [6, 6.07) is 1.73. The maximum absolute atomic E-state index is 14.0. The van der Waals surface area contributed by atoms with Crippen LogP contribution in [-0.2, 0) is 10.0 Å². The van der Waals surface area contributed by atoms with Gasteiger partial charge in [0.05, 0.1) is 11.9 Å². The van der Waals surface area contributed by atoms with Gasteiger partial charge in [0.1, 0.15) is 5.82 Å². The molecule has 1 aromatic carbocycles. The molecule has 7 nitrogen and oxygen atoms in total. The van der Waals surface area contributed by atoms with Crippen molar-refractivity contribution < 1.29 is 17.6 Å². The van der Waals surface area contributed by atoms with Crippen LogP contribution in [0.2, 0.25) is 0 Å². The summed E-state index contributed by atoms with van der Waals surface area (Å²) in [5.74, 6) is -0.558. The van der Waals surface area contributed by atoms with Crippen LogP contribution >= 0.6 is 0 Å². The monoisotopic (exact) mass is 394 g/mol. The number of aryl methyl sites for hydroxylation is 1. The first-order valence-electron chi connectivity index (χ1n) is 8.47. The number of halogens is 1. The van der Waals surface area contributed by atoms with Crippen molar-refractivity contribution in [2.45, 2.75) is 51.5 Å². The first kappa shape index (κ1) is 20.8. The highest BCUT2D eigenvalue weighted by atomic mass is 32.2. The van der Waals surface area contributed by atoms with Gasteiger partial charge in [0.15, 0.2) is 5.03 Å². The fourth-order valence-electron chi connectivity index (χ4n) is 2.54. The number of sulfonamides is 1. The van der Waals surface area contributed by atoms with Crippen molar-refractivity contribution in [2.75, 3.05) is 5.32 Å². The Bertz CT molecular complexity index is 913. The molecule has 0 aliphatic heterocycles. The molecule has 9 heteroatoms. The molecule has 0 bridgehead atoms. The number of amides is 2. The maximum Gasteiger partial charge on any atom is 0.333 e. The van der Waals surface area contributed by atoms with Gasteiger partial charge in [0, 0.05) is 11.9 Å². The number of carbonyl (C=O) groups excluding carboxylic acids is 1. The number of benzene rings is 1. The fourth-order valence-corrected chi connectivity index (χ4v) is 3.32. The molecule has 0 unspecified atom stereocenters. The van der Waals surface area contributed by atoms with E-state index < -0.39 is 21.9 Å². The van der Waals surface area contributed by atoms with Crippen LogP contribution in [0.4, 0.5) is 14.9 Å². The van der Waals surface area contributed by atoms with Gasteiger partial charge in [-0.2, -0.15) is 8.42 Å². The van der Waals surface area contributed by atoms with Gasteiger partial charge < -0.3 is 5.32 Å². The zero-order chi connectivity index (χ0) is 20.4. The Morgan fingerprint density at radius 2 is 1.59 bits per heavy atom. The minimum absolute atomic E-state index is 0.0759. The summed E-state index contributed by atoms with van der Waals surface area (Å²) in [5.41, 5.74) is 2.12. The topological polar surface area (TPSA) is 101 Å². The third kappa shape index (κ3) is 5.00. The van der Waals surface area contributed by atoms with Crippen LogP contribution in [0.3, 0.4) is 0 Å². The lowest BCUT2D eigenvalue weighted by Crippen LogP contribution is -2.35. The number of nitrogens with zero attached hydrogens (tertiary/aromatic N) is 2. The van der Waals surface area contributed by atoms with Crippen LogP contribution in [0.1, 0.15) is 56.4 Å². The number of rotatable bonds is 5. The quantitative estimate of drug-likeness (QED) is 0.805. The number of carbonyl (C=O) groups is 1. The van der Waals surface area contributed by atoms with E-state index in [0.29, 0.717) is 22.5 Å². The van der Waals surface area contributed by atoms with Gasteiger partial charge in [-0.15, -0.1) is 0 Å². The Kier molecular flexibility index (Phi) is 6.15. The van der Waals surface area contributed by atoms with Crippen LogP contribution in [-0.4, -0.2) is 24.4 Å². The van der Waals surface area contributed by atoms with Crippen molar-refractivity contribution in [2.24, 2.45) is 0 Å². The first-order valence-corrected chi connectivity index (χ1v) is 9.95. The summed E-state index contributed by atoms with van der Waals surface area (Å²) >= 11 is 0. The zero-order valence-electron chi connectivity index (χ0n) is 15.9. The van der Waals surface area contributed by atoms with Crippen molar-refractivity contribution in [3.8, 4) is 0 Å². The van der Waals surface area contributed by atoms with E-state index in [9.17, 15) is 17.6 Å². The molecule has 0 aliphatic carbocycles. The Labute approximate surface area is 158 Å². The number of urea groups is 1. The van der Waals surface area contributed by atoms with E-state index >= 15 is 0 Å². The number of nitrogens with one attached hydrogen (secondary N) is 2.